The number of rotatable bonds is 5. The van der Waals surface area contributed by atoms with Crippen LogP contribution in [0.25, 0.3) is 10.1 Å². The third-order valence-electron chi connectivity index (χ3n) is 4.82. The van der Waals surface area contributed by atoms with Crippen molar-refractivity contribution in [3.05, 3.63) is 64.2 Å². The van der Waals surface area contributed by atoms with Crippen molar-refractivity contribution in [3.63, 3.8) is 0 Å². The van der Waals surface area contributed by atoms with Crippen LogP contribution in [0.3, 0.4) is 0 Å². The molecule has 1 fully saturated rings. The molecule has 1 aromatic heterocycles. The molecule has 3 aromatic rings. The highest BCUT2D eigenvalue weighted by molar-refractivity contribution is 7.93. The fourth-order valence-electron chi connectivity index (χ4n) is 3.37. The number of carbonyl (C=O) groups excluding carboxylic acids is 1. The first-order valence-electron chi connectivity index (χ1n) is 9.12. The number of halogens is 1. The first kappa shape index (κ1) is 20.3. The molecular weight excluding hydrogens is 432 g/mol. The first-order valence-corrected chi connectivity index (χ1v) is 12.0. The van der Waals surface area contributed by atoms with Crippen LogP contribution in [0.5, 0.6) is 0 Å². The molecule has 152 valence electrons. The Hall–Kier alpha value is -1.93. The molecule has 0 radical (unpaired) electrons. The maximum absolute atomic E-state index is 13.1. The molecule has 1 atom stereocenters. The highest BCUT2D eigenvalue weighted by Crippen LogP contribution is 2.37. The number of esters is 1. The molecule has 0 amide bonds. The van der Waals surface area contributed by atoms with Crippen molar-refractivity contribution in [2.24, 2.45) is 0 Å². The van der Waals surface area contributed by atoms with Crippen LogP contribution in [-0.2, 0) is 25.1 Å². The van der Waals surface area contributed by atoms with Gasteiger partial charge in [0.1, 0.15) is 10.3 Å². The normalized spacial score (nSPS) is 17.0. The van der Waals surface area contributed by atoms with Crippen molar-refractivity contribution in [2.45, 2.75) is 29.4 Å². The van der Waals surface area contributed by atoms with Gasteiger partial charge in [0.2, 0.25) is 0 Å². The molecule has 1 unspecified atom stereocenters. The Morgan fingerprint density at radius 1 is 1.28 bits per heavy atom. The van der Waals surface area contributed by atoms with Crippen molar-refractivity contribution in [2.75, 3.05) is 13.2 Å². The molecule has 2 heterocycles. The molecule has 0 spiro atoms. The zero-order valence-electron chi connectivity index (χ0n) is 15.7. The average Bonchev–Trinajstić information content (AvgIpc) is 3.30. The Labute approximate surface area is 178 Å². The van der Waals surface area contributed by atoms with E-state index in [1.165, 1.54) is 11.3 Å². The van der Waals surface area contributed by atoms with Crippen molar-refractivity contribution < 1.29 is 22.7 Å². The van der Waals surface area contributed by atoms with Gasteiger partial charge in [0.15, 0.2) is 9.84 Å². The van der Waals surface area contributed by atoms with Crippen LogP contribution < -0.4 is 0 Å². The fraction of sp³-hybridized carbons (Fsp3) is 0.286. The highest BCUT2D eigenvalue weighted by atomic mass is 35.5. The van der Waals surface area contributed by atoms with Gasteiger partial charge in [-0.2, -0.15) is 0 Å². The summed E-state index contributed by atoms with van der Waals surface area (Å²) >= 11 is 7.29. The van der Waals surface area contributed by atoms with E-state index >= 15 is 0 Å². The Balaban J connectivity index is 1.58. The molecule has 29 heavy (non-hydrogen) atoms. The van der Waals surface area contributed by atoms with Crippen molar-refractivity contribution >= 4 is 48.8 Å². The van der Waals surface area contributed by atoms with Gasteiger partial charge in [0.05, 0.1) is 24.5 Å². The molecule has 4 rings (SSSR count). The molecule has 0 aliphatic carbocycles. The molecule has 0 bridgehead atoms. The van der Waals surface area contributed by atoms with E-state index in [1.54, 1.807) is 43.3 Å². The van der Waals surface area contributed by atoms with Gasteiger partial charge in [0, 0.05) is 16.1 Å². The maximum atomic E-state index is 13.1. The standard InChI is InChI=1S/C21H19ClO5S2/c1-13-18-10-16(22)5-6-19(18)28-21(13)29(24,25)12-14-3-2-4-15(9-14)20(23)27-17-7-8-26-11-17/h2-6,9-10,17H,7-8,11-12H2,1H3. The lowest BCUT2D eigenvalue weighted by molar-refractivity contribution is 0.0270. The number of benzene rings is 2. The molecule has 1 saturated heterocycles. The Bertz CT molecular complexity index is 1180. The number of sulfone groups is 1. The van der Waals surface area contributed by atoms with Gasteiger partial charge in [-0.15, -0.1) is 11.3 Å². The van der Waals surface area contributed by atoms with E-state index in [0.29, 0.717) is 45.6 Å². The zero-order valence-corrected chi connectivity index (χ0v) is 18.1. The molecule has 1 aliphatic heterocycles. The summed E-state index contributed by atoms with van der Waals surface area (Å²) in [6.07, 6.45) is 0.428. The van der Waals surface area contributed by atoms with E-state index < -0.39 is 15.8 Å². The van der Waals surface area contributed by atoms with E-state index in [2.05, 4.69) is 0 Å². The molecule has 5 nitrogen and oxygen atoms in total. The summed E-state index contributed by atoms with van der Waals surface area (Å²) in [7, 11) is -3.58. The van der Waals surface area contributed by atoms with Crippen molar-refractivity contribution in [3.8, 4) is 0 Å². The second-order valence-corrected chi connectivity index (χ2v) is 10.7. The Morgan fingerprint density at radius 3 is 2.86 bits per heavy atom. The lowest BCUT2D eigenvalue weighted by atomic mass is 10.1. The van der Waals surface area contributed by atoms with Gasteiger partial charge in [-0.3, -0.25) is 0 Å². The lowest BCUT2D eigenvalue weighted by Crippen LogP contribution is -2.18. The Kier molecular flexibility index (Phi) is 5.66. The highest BCUT2D eigenvalue weighted by Gasteiger charge is 2.24. The molecule has 0 saturated carbocycles. The lowest BCUT2D eigenvalue weighted by Gasteiger charge is -2.11. The van der Waals surface area contributed by atoms with Gasteiger partial charge in [0.25, 0.3) is 0 Å². The van der Waals surface area contributed by atoms with Crippen molar-refractivity contribution in [1.29, 1.82) is 0 Å². The summed E-state index contributed by atoms with van der Waals surface area (Å²) in [5.74, 6) is -0.658. The number of carbonyl (C=O) groups is 1. The molecule has 1 aliphatic rings. The maximum Gasteiger partial charge on any atom is 0.338 e. The minimum absolute atomic E-state index is 0.192. The predicted octanol–water partition coefficient (Wildman–Crippen LogP) is 4.78. The summed E-state index contributed by atoms with van der Waals surface area (Å²) in [4.78, 5) is 12.4. The third-order valence-corrected chi connectivity index (χ3v) is 8.72. The topological polar surface area (TPSA) is 69.7 Å². The van der Waals surface area contributed by atoms with E-state index in [-0.39, 0.29) is 11.9 Å². The van der Waals surface area contributed by atoms with E-state index in [1.807, 2.05) is 6.07 Å². The molecular formula is C21H19ClO5S2. The van der Waals surface area contributed by atoms with Crippen LogP contribution in [0.2, 0.25) is 5.02 Å². The number of hydrogen-bond acceptors (Lipinski definition) is 6. The van der Waals surface area contributed by atoms with Crippen LogP contribution in [0.15, 0.2) is 46.7 Å². The summed E-state index contributed by atoms with van der Waals surface area (Å²) in [5, 5.41) is 1.42. The van der Waals surface area contributed by atoms with Gasteiger partial charge >= 0.3 is 5.97 Å². The SMILES string of the molecule is Cc1c(S(=O)(=O)Cc2cccc(C(=O)OC3CCOC3)c2)sc2ccc(Cl)cc12. The van der Waals surface area contributed by atoms with E-state index in [4.69, 9.17) is 21.1 Å². The summed E-state index contributed by atoms with van der Waals surface area (Å²) < 4.78 is 38.0. The molecule has 2 aromatic carbocycles. The van der Waals surface area contributed by atoms with Gasteiger partial charge < -0.3 is 9.47 Å². The smallest absolute Gasteiger partial charge is 0.338 e. The number of thiophene rings is 1. The van der Waals surface area contributed by atoms with E-state index in [9.17, 15) is 13.2 Å². The predicted molar refractivity (Wildman–Crippen MR) is 114 cm³/mol. The third kappa shape index (κ3) is 4.33. The molecule has 8 heteroatoms. The Morgan fingerprint density at radius 2 is 2.10 bits per heavy atom. The fourth-order valence-corrected chi connectivity index (χ4v) is 6.74. The first-order chi connectivity index (χ1) is 13.8. The van der Waals surface area contributed by atoms with Crippen LogP contribution in [-0.4, -0.2) is 33.7 Å². The summed E-state index contributed by atoms with van der Waals surface area (Å²) in [5.41, 5.74) is 1.57. The van der Waals surface area contributed by atoms with Gasteiger partial charge in [-0.25, -0.2) is 13.2 Å². The average molecular weight is 451 g/mol. The van der Waals surface area contributed by atoms with Gasteiger partial charge in [-0.1, -0.05) is 23.7 Å². The monoisotopic (exact) mass is 450 g/mol. The number of fused-ring (bicyclic) bond motifs is 1. The minimum atomic E-state index is -3.58. The zero-order chi connectivity index (χ0) is 20.6. The summed E-state index contributed by atoms with van der Waals surface area (Å²) in [6, 6.07) is 11.9. The van der Waals surface area contributed by atoms with Crippen LogP contribution in [0.1, 0.15) is 27.9 Å². The summed E-state index contributed by atoms with van der Waals surface area (Å²) in [6.45, 7) is 2.77. The van der Waals surface area contributed by atoms with E-state index in [0.717, 1.165) is 10.1 Å². The van der Waals surface area contributed by atoms with Crippen molar-refractivity contribution in [1.82, 2.24) is 0 Å². The van der Waals surface area contributed by atoms with Crippen LogP contribution >= 0.6 is 22.9 Å². The number of aryl methyl sites for hydroxylation is 1. The van der Waals surface area contributed by atoms with Crippen LogP contribution in [0, 0.1) is 6.92 Å². The molecule has 0 N–H and O–H groups in total. The number of hydrogen-bond donors (Lipinski definition) is 0. The van der Waals surface area contributed by atoms with Gasteiger partial charge in [-0.05, 0) is 53.8 Å². The largest absolute Gasteiger partial charge is 0.456 e. The number of ether oxygens (including phenoxy) is 2. The second kappa shape index (κ2) is 8.07. The quantitative estimate of drug-likeness (QED) is 0.523. The van der Waals surface area contributed by atoms with Crippen LogP contribution in [0.4, 0.5) is 0 Å². The second-order valence-electron chi connectivity index (χ2n) is 7.01. The minimum Gasteiger partial charge on any atom is -0.456 e.